The van der Waals surface area contributed by atoms with Crippen molar-refractivity contribution in [1.82, 2.24) is 10.6 Å². The van der Waals surface area contributed by atoms with Crippen LogP contribution in [0.4, 0.5) is 0 Å². The van der Waals surface area contributed by atoms with Crippen molar-refractivity contribution in [3.63, 3.8) is 0 Å². The molecule has 126 valence electrons. The van der Waals surface area contributed by atoms with Gasteiger partial charge in [-0.3, -0.25) is 4.79 Å². The second kappa shape index (κ2) is 7.70. The largest absolute Gasteiger partial charge is 0.497 e. The molecule has 1 fully saturated rings. The molecule has 2 N–H and O–H groups in total. The average molecular weight is 339 g/mol. The van der Waals surface area contributed by atoms with Crippen LogP contribution in [-0.2, 0) is 4.79 Å². The number of fused-ring (bicyclic) bond motifs is 1. The lowest BCUT2D eigenvalue weighted by molar-refractivity contribution is -0.118. The second-order valence-corrected chi connectivity index (χ2v) is 5.91. The van der Waals surface area contributed by atoms with Crippen molar-refractivity contribution in [2.45, 2.75) is 19.4 Å². The Hall–Kier alpha value is -1.72. The number of hydrogen-bond donors (Lipinski definition) is 2. The molecule has 1 saturated heterocycles. The van der Waals surface area contributed by atoms with Crippen LogP contribution in [0.1, 0.15) is 18.9 Å². The van der Waals surface area contributed by atoms with Crippen molar-refractivity contribution >= 4 is 24.4 Å². The van der Waals surface area contributed by atoms with Gasteiger partial charge >= 0.3 is 0 Å². The van der Waals surface area contributed by atoms with E-state index in [4.69, 9.17) is 9.47 Å². The first-order valence-electron chi connectivity index (χ1n) is 7.70. The maximum atomic E-state index is 12.5. The van der Waals surface area contributed by atoms with E-state index in [0.717, 1.165) is 36.6 Å². The third-order valence-electron chi connectivity index (χ3n) is 4.32. The van der Waals surface area contributed by atoms with E-state index in [1.807, 2.05) is 24.3 Å². The quantitative estimate of drug-likeness (QED) is 0.885. The summed E-state index contributed by atoms with van der Waals surface area (Å²) in [7, 11) is 1.63. The van der Waals surface area contributed by atoms with Crippen LogP contribution in [0.3, 0.4) is 0 Å². The van der Waals surface area contributed by atoms with Gasteiger partial charge in [0.1, 0.15) is 18.1 Å². The number of ether oxygens (including phenoxy) is 2. The van der Waals surface area contributed by atoms with E-state index in [-0.39, 0.29) is 24.4 Å². The van der Waals surface area contributed by atoms with Crippen LogP contribution >= 0.6 is 12.4 Å². The fraction of sp³-hybridized carbons (Fsp3) is 0.471. The Kier molecular flexibility index (Phi) is 5.91. The predicted octanol–water partition coefficient (Wildman–Crippen LogP) is 2.01. The first-order chi connectivity index (χ1) is 10.7. The molecule has 1 aromatic carbocycles. The highest BCUT2D eigenvalue weighted by atomic mass is 35.5. The Balaban J connectivity index is 0.00000192. The van der Waals surface area contributed by atoms with E-state index in [9.17, 15) is 4.79 Å². The number of benzene rings is 1. The molecule has 2 atom stereocenters. The number of carbonyl (C=O) groups is 1. The molecule has 2 unspecified atom stereocenters. The fourth-order valence-corrected chi connectivity index (χ4v) is 2.90. The number of methoxy groups -OCH3 is 1. The van der Waals surface area contributed by atoms with Gasteiger partial charge in [0, 0.05) is 11.6 Å². The summed E-state index contributed by atoms with van der Waals surface area (Å²) in [4.78, 5) is 12.5. The molecular weight excluding hydrogens is 316 g/mol. The van der Waals surface area contributed by atoms with Gasteiger partial charge in [-0.25, -0.2) is 0 Å². The van der Waals surface area contributed by atoms with Crippen molar-refractivity contribution in [2.75, 3.05) is 26.8 Å². The van der Waals surface area contributed by atoms with E-state index < -0.39 is 0 Å². The van der Waals surface area contributed by atoms with Gasteiger partial charge in [-0.1, -0.05) is 6.92 Å². The number of rotatable bonds is 3. The number of nitrogens with one attached hydrogen (secondary N) is 2. The van der Waals surface area contributed by atoms with Gasteiger partial charge in [-0.15, -0.1) is 12.4 Å². The number of hydrogen-bond acceptors (Lipinski definition) is 4. The van der Waals surface area contributed by atoms with Gasteiger partial charge in [-0.05, 0) is 49.7 Å². The molecular formula is C17H23ClN2O3. The van der Waals surface area contributed by atoms with Crippen LogP contribution in [-0.4, -0.2) is 38.8 Å². The highest BCUT2D eigenvalue weighted by Crippen LogP contribution is 2.30. The minimum atomic E-state index is -0.0350. The lowest BCUT2D eigenvalue weighted by Gasteiger charge is -2.30. The van der Waals surface area contributed by atoms with Crippen molar-refractivity contribution in [1.29, 1.82) is 0 Å². The van der Waals surface area contributed by atoms with Gasteiger partial charge in [-0.2, -0.15) is 0 Å². The molecule has 0 saturated carbocycles. The van der Waals surface area contributed by atoms with Gasteiger partial charge in [0.2, 0.25) is 0 Å². The summed E-state index contributed by atoms with van der Waals surface area (Å²) in [6, 6.07) is 5.83. The molecule has 3 rings (SSSR count). The second-order valence-electron chi connectivity index (χ2n) is 5.91. The fourth-order valence-electron chi connectivity index (χ4n) is 2.90. The normalized spacial score (nSPS) is 22.8. The van der Waals surface area contributed by atoms with Gasteiger partial charge < -0.3 is 20.1 Å². The number of carbonyl (C=O) groups excluding carboxylic acids is 1. The molecule has 0 aliphatic carbocycles. The van der Waals surface area contributed by atoms with Crippen molar-refractivity contribution in [3.8, 4) is 11.5 Å². The molecule has 1 aromatic rings. The highest BCUT2D eigenvalue weighted by molar-refractivity contribution is 5.99. The van der Waals surface area contributed by atoms with Crippen LogP contribution in [0, 0.1) is 5.92 Å². The average Bonchev–Trinajstić information content (AvgIpc) is 2.55. The van der Waals surface area contributed by atoms with Crippen LogP contribution in [0.15, 0.2) is 23.8 Å². The third-order valence-corrected chi connectivity index (χ3v) is 4.32. The maximum Gasteiger partial charge on any atom is 0.250 e. The summed E-state index contributed by atoms with van der Waals surface area (Å²) < 4.78 is 10.9. The maximum absolute atomic E-state index is 12.5. The Bertz CT molecular complexity index is 604. The Morgan fingerprint density at radius 3 is 3.00 bits per heavy atom. The zero-order valence-electron chi connectivity index (χ0n) is 13.4. The van der Waals surface area contributed by atoms with Crippen LogP contribution in [0.2, 0.25) is 0 Å². The lowest BCUT2D eigenvalue weighted by Crippen LogP contribution is -2.49. The molecule has 0 aromatic heterocycles. The molecule has 23 heavy (non-hydrogen) atoms. The molecule has 2 heterocycles. The molecule has 2 aliphatic heterocycles. The number of halogens is 1. The summed E-state index contributed by atoms with van der Waals surface area (Å²) in [5, 5.41) is 6.48. The molecule has 0 radical (unpaired) electrons. The summed E-state index contributed by atoms with van der Waals surface area (Å²) in [6.07, 6.45) is 2.86. The highest BCUT2D eigenvalue weighted by Gasteiger charge is 2.25. The van der Waals surface area contributed by atoms with Crippen LogP contribution in [0.25, 0.3) is 6.08 Å². The minimum Gasteiger partial charge on any atom is -0.497 e. The third kappa shape index (κ3) is 3.98. The van der Waals surface area contributed by atoms with E-state index in [0.29, 0.717) is 18.1 Å². The van der Waals surface area contributed by atoms with Gasteiger partial charge in [0.05, 0.1) is 12.7 Å². The van der Waals surface area contributed by atoms with E-state index in [1.54, 1.807) is 7.11 Å². The SMILES string of the molecule is COc1ccc2c(c1)C=C(C(=O)NC1CCNCC1C)CO2.Cl. The minimum absolute atomic E-state index is 0. The predicted molar refractivity (Wildman–Crippen MR) is 92.3 cm³/mol. The Morgan fingerprint density at radius 1 is 1.43 bits per heavy atom. The monoisotopic (exact) mass is 338 g/mol. The molecule has 0 bridgehead atoms. The summed E-state index contributed by atoms with van der Waals surface area (Å²) in [6.45, 7) is 4.36. The summed E-state index contributed by atoms with van der Waals surface area (Å²) in [5.74, 6) is 1.95. The van der Waals surface area contributed by atoms with Crippen molar-refractivity contribution < 1.29 is 14.3 Å². The van der Waals surface area contributed by atoms with E-state index in [1.165, 1.54) is 0 Å². The Morgan fingerprint density at radius 2 is 2.26 bits per heavy atom. The van der Waals surface area contributed by atoms with Crippen molar-refractivity contribution in [3.05, 3.63) is 29.3 Å². The van der Waals surface area contributed by atoms with Gasteiger partial charge in [0.25, 0.3) is 5.91 Å². The topological polar surface area (TPSA) is 59.6 Å². The summed E-state index contributed by atoms with van der Waals surface area (Å²) >= 11 is 0. The zero-order chi connectivity index (χ0) is 15.5. The standard InChI is InChI=1S/C17H22N2O3.ClH/c1-11-9-18-6-5-15(11)19-17(20)13-7-12-8-14(21-2)3-4-16(12)22-10-13;/h3-4,7-8,11,15,18H,5-6,9-10H2,1-2H3,(H,19,20);1H. The van der Waals surface area contributed by atoms with Gasteiger partial charge in [0.15, 0.2) is 0 Å². The zero-order valence-corrected chi connectivity index (χ0v) is 14.2. The van der Waals surface area contributed by atoms with Crippen molar-refractivity contribution in [2.24, 2.45) is 5.92 Å². The Labute approximate surface area is 142 Å². The van der Waals surface area contributed by atoms with E-state index >= 15 is 0 Å². The lowest BCUT2D eigenvalue weighted by atomic mass is 9.95. The summed E-state index contributed by atoms with van der Waals surface area (Å²) in [5.41, 5.74) is 1.54. The molecule has 2 aliphatic rings. The number of piperidine rings is 1. The molecule has 6 heteroatoms. The van der Waals surface area contributed by atoms with E-state index in [2.05, 4.69) is 17.6 Å². The molecule has 5 nitrogen and oxygen atoms in total. The van der Waals surface area contributed by atoms with Crippen LogP contribution < -0.4 is 20.1 Å². The first kappa shape index (κ1) is 17.6. The molecule has 1 amide bonds. The molecule has 0 spiro atoms. The number of amides is 1. The first-order valence-corrected chi connectivity index (χ1v) is 7.70. The smallest absolute Gasteiger partial charge is 0.250 e. The van der Waals surface area contributed by atoms with Crippen LogP contribution in [0.5, 0.6) is 11.5 Å².